The lowest BCUT2D eigenvalue weighted by Crippen LogP contribution is -2.28. The summed E-state index contributed by atoms with van der Waals surface area (Å²) in [5.41, 5.74) is 9.17. The number of nitrogens with zero attached hydrogens (tertiary/aromatic N) is 1. The summed E-state index contributed by atoms with van der Waals surface area (Å²) < 4.78 is 0.962. The predicted octanol–water partition coefficient (Wildman–Crippen LogP) is 5.28. The van der Waals surface area contributed by atoms with Gasteiger partial charge in [-0.3, -0.25) is 0 Å². The van der Waals surface area contributed by atoms with E-state index in [0.29, 0.717) is 0 Å². The molecule has 0 atom stereocenters. The van der Waals surface area contributed by atoms with E-state index in [1.807, 2.05) is 25.1 Å². The number of aromatic nitrogens is 1. The molecule has 0 radical (unpaired) electrons. The minimum absolute atomic E-state index is 0.00341. The zero-order valence-electron chi connectivity index (χ0n) is 14.2. The Bertz CT molecular complexity index is 873. The number of fused-ring (bicyclic) bond motifs is 1. The average Bonchev–Trinajstić information content (AvgIpc) is 2.57. The fraction of sp³-hybridized carbons (Fsp3) is 0.250. The van der Waals surface area contributed by atoms with Crippen LogP contribution in [0.3, 0.4) is 0 Å². The Hall–Kier alpha value is -2.07. The molecule has 124 valence electrons. The largest absolute Gasteiger partial charge is 0.398 e. The number of hydrogen-bond donors (Lipinski definition) is 2. The van der Waals surface area contributed by atoms with Crippen LogP contribution in [0.2, 0.25) is 0 Å². The van der Waals surface area contributed by atoms with Gasteiger partial charge in [0, 0.05) is 32.9 Å². The van der Waals surface area contributed by atoms with Gasteiger partial charge in [0.05, 0.1) is 5.69 Å². The van der Waals surface area contributed by atoms with Crippen molar-refractivity contribution in [3.8, 4) is 0 Å². The summed E-state index contributed by atoms with van der Waals surface area (Å²) in [7, 11) is 0. The fourth-order valence-corrected chi connectivity index (χ4v) is 3.43. The van der Waals surface area contributed by atoms with Crippen LogP contribution in [0.15, 0.2) is 53.0 Å². The van der Waals surface area contributed by atoms with Gasteiger partial charge in [-0.1, -0.05) is 56.3 Å². The molecule has 0 saturated heterocycles. The minimum atomic E-state index is -0.00341. The Balaban J connectivity index is 1.97. The summed E-state index contributed by atoms with van der Waals surface area (Å²) in [5.74, 6) is 0.877. The Kier molecular flexibility index (Phi) is 4.50. The molecule has 24 heavy (non-hydrogen) atoms. The molecule has 3 aromatic rings. The van der Waals surface area contributed by atoms with Crippen LogP contribution in [-0.4, -0.2) is 11.5 Å². The number of halogens is 1. The van der Waals surface area contributed by atoms with Gasteiger partial charge in [0.1, 0.15) is 5.82 Å². The highest BCUT2D eigenvalue weighted by molar-refractivity contribution is 9.10. The van der Waals surface area contributed by atoms with Gasteiger partial charge >= 0.3 is 0 Å². The van der Waals surface area contributed by atoms with Crippen molar-refractivity contribution in [2.75, 3.05) is 17.6 Å². The lowest BCUT2D eigenvalue weighted by Gasteiger charge is -2.26. The zero-order valence-corrected chi connectivity index (χ0v) is 15.8. The topological polar surface area (TPSA) is 50.9 Å². The molecule has 0 saturated carbocycles. The Morgan fingerprint density at radius 2 is 1.79 bits per heavy atom. The first-order chi connectivity index (χ1) is 11.4. The standard InChI is InChI=1S/C20H22BrN3/c1-13-18(21)17-15(10-7-11-16(17)22)19(24-13)23-12-20(2,3)14-8-5-4-6-9-14/h4-11H,12,22H2,1-3H3,(H,23,24). The van der Waals surface area contributed by atoms with Crippen LogP contribution in [0.4, 0.5) is 11.5 Å². The van der Waals surface area contributed by atoms with Crippen molar-refractivity contribution >= 4 is 38.2 Å². The molecule has 0 bridgehead atoms. The van der Waals surface area contributed by atoms with Crippen molar-refractivity contribution in [2.45, 2.75) is 26.2 Å². The molecule has 0 fully saturated rings. The molecule has 0 aliphatic carbocycles. The highest BCUT2D eigenvalue weighted by Gasteiger charge is 2.21. The summed E-state index contributed by atoms with van der Waals surface area (Å²) >= 11 is 3.62. The van der Waals surface area contributed by atoms with Gasteiger partial charge in [0.25, 0.3) is 0 Å². The molecule has 1 heterocycles. The molecular weight excluding hydrogens is 362 g/mol. The number of anilines is 2. The van der Waals surface area contributed by atoms with Gasteiger partial charge in [-0.05, 0) is 34.5 Å². The molecule has 3 N–H and O–H groups in total. The van der Waals surface area contributed by atoms with Gasteiger partial charge in [0.15, 0.2) is 0 Å². The van der Waals surface area contributed by atoms with Crippen molar-refractivity contribution in [2.24, 2.45) is 0 Å². The highest BCUT2D eigenvalue weighted by atomic mass is 79.9. The molecule has 3 nitrogen and oxygen atoms in total. The van der Waals surface area contributed by atoms with E-state index < -0.39 is 0 Å². The summed E-state index contributed by atoms with van der Waals surface area (Å²) in [6.07, 6.45) is 0. The van der Waals surface area contributed by atoms with Crippen molar-refractivity contribution in [1.29, 1.82) is 0 Å². The van der Waals surface area contributed by atoms with E-state index in [0.717, 1.165) is 39.0 Å². The summed E-state index contributed by atoms with van der Waals surface area (Å²) in [5, 5.41) is 5.59. The van der Waals surface area contributed by atoms with Gasteiger partial charge in [-0.2, -0.15) is 0 Å². The molecule has 0 amide bonds. The smallest absolute Gasteiger partial charge is 0.134 e. The van der Waals surface area contributed by atoms with Crippen LogP contribution in [0.25, 0.3) is 10.8 Å². The van der Waals surface area contributed by atoms with Crippen molar-refractivity contribution in [1.82, 2.24) is 4.98 Å². The third-order valence-electron chi connectivity index (χ3n) is 4.42. The maximum absolute atomic E-state index is 6.18. The second kappa shape index (κ2) is 6.44. The normalized spacial score (nSPS) is 11.7. The van der Waals surface area contributed by atoms with Crippen LogP contribution in [0.5, 0.6) is 0 Å². The molecule has 4 heteroatoms. The Morgan fingerprint density at radius 3 is 2.50 bits per heavy atom. The predicted molar refractivity (Wildman–Crippen MR) is 107 cm³/mol. The van der Waals surface area contributed by atoms with Crippen LogP contribution in [0, 0.1) is 6.92 Å². The maximum Gasteiger partial charge on any atom is 0.134 e. The lowest BCUT2D eigenvalue weighted by atomic mass is 9.84. The van der Waals surface area contributed by atoms with Crippen LogP contribution < -0.4 is 11.1 Å². The molecule has 2 aromatic carbocycles. The first-order valence-electron chi connectivity index (χ1n) is 8.04. The van der Waals surface area contributed by atoms with Gasteiger partial charge in [0.2, 0.25) is 0 Å². The molecular formula is C20H22BrN3. The van der Waals surface area contributed by atoms with Crippen LogP contribution in [0.1, 0.15) is 25.1 Å². The average molecular weight is 384 g/mol. The number of hydrogen-bond acceptors (Lipinski definition) is 3. The number of benzene rings is 2. The van der Waals surface area contributed by atoms with E-state index in [1.165, 1.54) is 5.56 Å². The first-order valence-corrected chi connectivity index (χ1v) is 8.83. The molecule has 3 rings (SSSR count). The van der Waals surface area contributed by atoms with Gasteiger partial charge in [-0.15, -0.1) is 0 Å². The minimum Gasteiger partial charge on any atom is -0.398 e. The number of aryl methyl sites for hydroxylation is 1. The number of pyridine rings is 1. The number of nitrogen functional groups attached to an aromatic ring is 1. The second-order valence-electron chi connectivity index (χ2n) is 6.73. The zero-order chi connectivity index (χ0) is 17.3. The number of nitrogens with two attached hydrogens (primary N) is 1. The summed E-state index contributed by atoms with van der Waals surface area (Å²) in [6, 6.07) is 16.5. The van der Waals surface area contributed by atoms with Gasteiger partial charge < -0.3 is 11.1 Å². The molecule has 0 spiro atoms. The van der Waals surface area contributed by atoms with Crippen LogP contribution >= 0.6 is 15.9 Å². The van der Waals surface area contributed by atoms with Crippen molar-refractivity contribution in [3.05, 3.63) is 64.3 Å². The third kappa shape index (κ3) is 3.11. The Morgan fingerprint density at radius 1 is 1.08 bits per heavy atom. The van der Waals surface area contributed by atoms with E-state index in [9.17, 15) is 0 Å². The lowest BCUT2D eigenvalue weighted by molar-refractivity contribution is 0.556. The van der Waals surface area contributed by atoms with E-state index >= 15 is 0 Å². The number of nitrogens with one attached hydrogen (secondary N) is 1. The second-order valence-corrected chi connectivity index (χ2v) is 7.53. The third-order valence-corrected chi connectivity index (χ3v) is 5.39. The monoisotopic (exact) mass is 383 g/mol. The summed E-state index contributed by atoms with van der Waals surface area (Å²) in [4.78, 5) is 4.73. The van der Waals surface area contributed by atoms with Crippen molar-refractivity contribution < 1.29 is 0 Å². The Labute approximate surface area is 151 Å². The van der Waals surface area contributed by atoms with E-state index in [2.05, 4.69) is 65.4 Å². The summed E-state index contributed by atoms with van der Waals surface area (Å²) in [6.45, 7) is 7.24. The molecule has 0 aliphatic heterocycles. The van der Waals surface area contributed by atoms with Crippen LogP contribution in [-0.2, 0) is 5.41 Å². The van der Waals surface area contributed by atoms with E-state index in [-0.39, 0.29) is 5.41 Å². The SMILES string of the molecule is Cc1nc(NCC(C)(C)c2ccccc2)c2cccc(N)c2c1Br. The first kappa shape index (κ1) is 16.8. The van der Waals surface area contributed by atoms with E-state index in [4.69, 9.17) is 10.7 Å². The maximum atomic E-state index is 6.18. The van der Waals surface area contributed by atoms with E-state index in [1.54, 1.807) is 0 Å². The van der Waals surface area contributed by atoms with Gasteiger partial charge in [-0.25, -0.2) is 4.98 Å². The van der Waals surface area contributed by atoms with Crippen molar-refractivity contribution in [3.63, 3.8) is 0 Å². The quantitative estimate of drug-likeness (QED) is 0.602. The molecule has 1 aromatic heterocycles. The highest BCUT2D eigenvalue weighted by Crippen LogP contribution is 2.35. The number of rotatable bonds is 4. The molecule has 0 aliphatic rings. The molecule has 0 unspecified atom stereocenters. The fourth-order valence-electron chi connectivity index (χ4n) is 2.90.